The van der Waals surface area contributed by atoms with Crippen LogP contribution in [0.2, 0.25) is 5.02 Å². The van der Waals surface area contributed by atoms with Gasteiger partial charge in [-0.3, -0.25) is 9.69 Å². The normalized spacial score (nSPS) is 10.9. The first-order valence-electron chi connectivity index (χ1n) is 9.29. The molecule has 30 heavy (non-hydrogen) atoms. The maximum atomic E-state index is 13.2. The summed E-state index contributed by atoms with van der Waals surface area (Å²) < 4.78 is 7.84. The molecule has 7 heteroatoms. The highest BCUT2D eigenvalue weighted by molar-refractivity contribution is 9.10. The van der Waals surface area contributed by atoms with Crippen molar-refractivity contribution in [2.24, 2.45) is 0 Å². The molecule has 0 spiro atoms. The summed E-state index contributed by atoms with van der Waals surface area (Å²) in [6, 6.07) is 21.1. The Morgan fingerprint density at radius 3 is 2.63 bits per heavy atom. The van der Waals surface area contributed by atoms with Crippen molar-refractivity contribution in [2.75, 3.05) is 11.5 Å². The number of carbonyl (C=O) groups is 1. The first-order valence-corrected chi connectivity index (χ1v) is 11.3. The van der Waals surface area contributed by atoms with Crippen LogP contribution in [0, 0.1) is 6.92 Å². The van der Waals surface area contributed by atoms with E-state index in [0.717, 1.165) is 25.8 Å². The second-order valence-electron chi connectivity index (χ2n) is 6.77. The fraction of sp³-hybridized carbons (Fsp3) is 0.130. The molecule has 4 nitrogen and oxygen atoms in total. The zero-order valence-corrected chi connectivity index (χ0v) is 19.3. The minimum atomic E-state index is -0.161. The number of aryl methyl sites for hydroxylation is 1. The predicted octanol–water partition coefficient (Wildman–Crippen LogP) is 6.63. The molecule has 0 saturated carbocycles. The lowest BCUT2D eigenvalue weighted by Gasteiger charge is -2.20. The molecule has 3 aromatic carbocycles. The van der Waals surface area contributed by atoms with E-state index in [1.165, 1.54) is 11.3 Å². The zero-order valence-electron chi connectivity index (χ0n) is 16.1. The van der Waals surface area contributed by atoms with Crippen LogP contribution in [0.5, 0.6) is 5.75 Å². The number of hydrogen-bond donors (Lipinski definition) is 0. The maximum Gasteiger partial charge on any atom is 0.267 e. The van der Waals surface area contributed by atoms with E-state index in [0.29, 0.717) is 22.4 Å². The van der Waals surface area contributed by atoms with E-state index in [1.54, 1.807) is 17.0 Å². The van der Waals surface area contributed by atoms with Crippen LogP contribution in [0.4, 0.5) is 5.13 Å². The SMILES string of the molecule is Cc1cc(Cl)ccc1OCC(=O)N(Cc1ccc(Br)cc1)c1nc2ccccc2s1. The third-order valence-electron chi connectivity index (χ3n) is 4.56. The summed E-state index contributed by atoms with van der Waals surface area (Å²) in [6.07, 6.45) is 0. The van der Waals surface area contributed by atoms with E-state index in [4.69, 9.17) is 16.3 Å². The molecule has 1 heterocycles. The fourth-order valence-corrected chi connectivity index (χ4v) is 4.48. The van der Waals surface area contributed by atoms with Gasteiger partial charge in [-0.15, -0.1) is 0 Å². The maximum absolute atomic E-state index is 13.2. The lowest BCUT2D eigenvalue weighted by Crippen LogP contribution is -2.34. The van der Waals surface area contributed by atoms with Crippen LogP contribution in [0.3, 0.4) is 0 Å². The number of thiazole rings is 1. The summed E-state index contributed by atoms with van der Waals surface area (Å²) in [6.45, 7) is 2.22. The number of halogens is 2. The van der Waals surface area contributed by atoms with Crippen molar-refractivity contribution < 1.29 is 9.53 Å². The number of fused-ring (bicyclic) bond motifs is 1. The molecule has 0 atom stereocenters. The molecular formula is C23H18BrClN2O2S. The van der Waals surface area contributed by atoms with E-state index >= 15 is 0 Å². The topological polar surface area (TPSA) is 42.4 Å². The lowest BCUT2D eigenvalue weighted by molar-refractivity contribution is -0.120. The zero-order chi connectivity index (χ0) is 21.1. The molecule has 0 radical (unpaired) electrons. The van der Waals surface area contributed by atoms with Gasteiger partial charge in [-0.2, -0.15) is 0 Å². The molecule has 1 amide bonds. The Balaban J connectivity index is 1.59. The summed E-state index contributed by atoms with van der Waals surface area (Å²) in [4.78, 5) is 19.5. The molecule has 1 aromatic heterocycles. The summed E-state index contributed by atoms with van der Waals surface area (Å²) in [5, 5.41) is 1.29. The Bertz CT molecular complexity index is 1160. The largest absolute Gasteiger partial charge is 0.483 e. The Morgan fingerprint density at radius 1 is 1.13 bits per heavy atom. The van der Waals surface area contributed by atoms with Gasteiger partial charge in [0.1, 0.15) is 5.75 Å². The van der Waals surface area contributed by atoms with Crippen molar-refractivity contribution in [3.63, 3.8) is 0 Å². The van der Waals surface area contributed by atoms with Crippen LogP contribution in [-0.4, -0.2) is 17.5 Å². The molecule has 0 fully saturated rings. The van der Waals surface area contributed by atoms with E-state index < -0.39 is 0 Å². The molecule has 0 aliphatic heterocycles. The Kier molecular flexibility index (Phi) is 6.37. The van der Waals surface area contributed by atoms with Gasteiger partial charge in [-0.1, -0.05) is 63.1 Å². The first-order chi connectivity index (χ1) is 14.5. The molecule has 0 bridgehead atoms. The van der Waals surface area contributed by atoms with Crippen LogP contribution < -0.4 is 9.64 Å². The molecular weight excluding hydrogens is 484 g/mol. The highest BCUT2D eigenvalue weighted by Gasteiger charge is 2.21. The van der Waals surface area contributed by atoms with Gasteiger partial charge in [0.2, 0.25) is 0 Å². The average Bonchev–Trinajstić information content (AvgIpc) is 3.16. The van der Waals surface area contributed by atoms with Gasteiger partial charge in [0.05, 0.1) is 16.8 Å². The summed E-state index contributed by atoms with van der Waals surface area (Å²) in [7, 11) is 0. The van der Waals surface area contributed by atoms with Crippen molar-refractivity contribution in [1.29, 1.82) is 0 Å². The van der Waals surface area contributed by atoms with Crippen LogP contribution in [-0.2, 0) is 11.3 Å². The first kappa shape index (κ1) is 20.8. The second-order valence-corrected chi connectivity index (χ2v) is 9.13. The number of para-hydroxylation sites is 1. The fourth-order valence-electron chi connectivity index (χ4n) is 3.00. The number of ether oxygens (including phenoxy) is 1. The van der Waals surface area contributed by atoms with Crippen molar-refractivity contribution >= 4 is 60.1 Å². The number of rotatable bonds is 6. The molecule has 0 aliphatic carbocycles. The van der Waals surface area contributed by atoms with Gasteiger partial charge in [0.15, 0.2) is 11.7 Å². The predicted molar refractivity (Wildman–Crippen MR) is 127 cm³/mol. The number of aromatic nitrogens is 1. The van der Waals surface area contributed by atoms with Crippen LogP contribution >= 0.6 is 38.9 Å². The van der Waals surface area contributed by atoms with E-state index in [1.807, 2.05) is 61.5 Å². The Labute approximate surface area is 192 Å². The van der Waals surface area contributed by atoms with Crippen molar-refractivity contribution in [3.05, 3.63) is 87.4 Å². The summed E-state index contributed by atoms with van der Waals surface area (Å²) in [5.74, 6) is 0.479. The minimum Gasteiger partial charge on any atom is -0.483 e. The standard InChI is InChI=1S/C23H18BrClN2O2S/c1-15-12-18(25)10-11-20(15)29-14-22(28)27(13-16-6-8-17(24)9-7-16)23-26-19-4-2-3-5-21(19)30-23/h2-12H,13-14H2,1H3. The Morgan fingerprint density at radius 2 is 1.90 bits per heavy atom. The second kappa shape index (κ2) is 9.16. The van der Waals surface area contributed by atoms with Crippen LogP contribution in [0.15, 0.2) is 71.2 Å². The van der Waals surface area contributed by atoms with E-state index in [2.05, 4.69) is 20.9 Å². The number of carbonyl (C=O) groups excluding carboxylic acids is 1. The Hall–Kier alpha value is -2.41. The highest BCUT2D eigenvalue weighted by Crippen LogP contribution is 2.30. The number of nitrogens with zero attached hydrogens (tertiary/aromatic N) is 2. The molecule has 152 valence electrons. The molecule has 0 N–H and O–H groups in total. The third kappa shape index (κ3) is 4.83. The van der Waals surface area contributed by atoms with Crippen LogP contribution in [0.1, 0.15) is 11.1 Å². The third-order valence-corrected chi connectivity index (χ3v) is 6.38. The molecule has 4 rings (SSSR count). The number of hydrogen-bond acceptors (Lipinski definition) is 4. The monoisotopic (exact) mass is 500 g/mol. The highest BCUT2D eigenvalue weighted by atomic mass is 79.9. The van der Waals surface area contributed by atoms with Gasteiger partial charge in [-0.25, -0.2) is 4.98 Å². The van der Waals surface area contributed by atoms with Crippen molar-refractivity contribution in [3.8, 4) is 5.75 Å². The molecule has 0 saturated heterocycles. The van der Waals surface area contributed by atoms with E-state index in [9.17, 15) is 4.79 Å². The summed E-state index contributed by atoms with van der Waals surface area (Å²) in [5.41, 5.74) is 2.77. The number of benzene rings is 3. The summed E-state index contributed by atoms with van der Waals surface area (Å²) >= 11 is 11.0. The van der Waals surface area contributed by atoms with Gasteiger partial charge in [-0.05, 0) is 60.5 Å². The van der Waals surface area contributed by atoms with Gasteiger partial charge in [0.25, 0.3) is 5.91 Å². The minimum absolute atomic E-state index is 0.0884. The average molecular weight is 502 g/mol. The number of anilines is 1. The van der Waals surface area contributed by atoms with Crippen LogP contribution in [0.25, 0.3) is 10.2 Å². The van der Waals surface area contributed by atoms with Gasteiger partial charge >= 0.3 is 0 Å². The van der Waals surface area contributed by atoms with Crippen molar-refractivity contribution in [1.82, 2.24) is 4.98 Å². The van der Waals surface area contributed by atoms with Gasteiger partial charge in [0, 0.05) is 9.50 Å². The molecule has 0 aliphatic rings. The van der Waals surface area contributed by atoms with E-state index in [-0.39, 0.29) is 12.5 Å². The molecule has 0 unspecified atom stereocenters. The molecule has 4 aromatic rings. The van der Waals surface area contributed by atoms with Gasteiger partial charge < -0.3 is 4.74 Å². The smallest absolute Gasteiger partial charge is 0.267 e. The number of amides is 1. The lowest BCUT2D eigenvalue weighted by atomic mass is 10.2. The van der Waals surface area contributed by atoms with Crippen molar-refractivity contribution in [2.45, 2.75) is 13.5 Å². The quantitative estimate of drug-likeness (QED) is 0.298.